The smallest absolute Gasteiger partial charge is 0.251 e. The van der Waals surface area contributed by atoms with Crippen LogP contribution in [0.15, 0.2) is 29.2 Å². The number of carbonyl (C=O) groups excluding carboxylic acids is 2. The highest BCUT2D eigenvalue weighted by atomic mass is 32.2. The van der Waals surface area contributed by atoms with Gasteiger partial charge in [0.15, 0.2) is 0 Å². The number of amides is 2. The van der Waals surface area contributed by atoms with Gasteiger partial charge in [0, 0.05) is 25.2 Å². The molecule has 0 aliphatic carbocycles. The van der Waals surface area contributed by atoms with E-state index in [-0.39, 0.29) is 29.5 Å². The first-order valence-corrected chi connectivity index (χ1v) is 9.56. The molecule has 25 heavy (non-hydrogen) atoms. The Morgan fingerprint density at radius 3 is 2.60 bits per heavy atom. The zero-order valence-corrected chi connectivity index (χ0v) is 15.1. The molecule has 9 heteroatoms. The molecule has 1 fully saturated rings. The molecular weight excluding hydrogens is 346 g/mol. The van der Waals surface area contributed by atoms with E-state index in [1.54, 1.807) is 13.8 Å². The average Bonchev–Trinajstić information content (AvgIpc) is 2.62. The van der Waals surface area contributed by atoms with E-state index in [0.29, 0.717) is 19.8 Å². The van der Waals surface area contributed by atoms with E-state index in [9.17, 15) is 18.0 Å². The highest BCUT2D eigenvalue weighted by Crippen LogP contribution is 2.18. The fraction of sp³-hybridized carbons (Fsp3) is 0.500. The van der Waals surface area contributed by atoms with Crippen LogP contribution in [0.4, 0.5) is 0 Å². The van der Waals surface area contributed by atoms with Crippen molar-refractivity contribution in [3.8, 4) is 0 Å². The van der Waals surface area contributed by atoms with Crippen LogP contribution in [0, 0.1) is 0 Å². The second-order valence-electron chi connectivity index (χ2n) is 5.63. The molecule has 1 aliphatic heterocycles. The first kappa shape index (κ1) is 19.4. The van der Waals surface area contributed by atoms with Crippen LogP contribution in [-0.4, -0.2) is 63.4 Å². The molecule has 2 N–H and O–H groups in total. The summed E-state index contributed by atoms with van der Waals surface area (Å²) in [6.45, 7) is 5.09. The summed E-state index contributed by atoms with van der Waals surface area (Å²) in [6, 6.07) is 5.09. The van der Waals surface area contributed by atoms with Crippen LogP contribution in [-0.2, 0) is 19.6 Å². The van der Waals surface area contributed by atoms with Crippen LogP contribution in [0.2, 0.25) is 0 Å². The quantitative estimate of drug-likeness (QED) is 0.732. The number of morpholine rings is 1. The maximum absolute atomic E-state index is 12.7. The molecule has 1 heterocycles. The number of rotatable bonds is 6. The highest BCUT2D eigenvalue weighted by Gasteiger charge is 2.27. The zero-order valence-electron chi connectivity index (χ0n) is 14.3. The minimum atomic E-state index is -3.68. The van der Waals surface area contributed by atoms with E-state index in [1.807, 2.05) is 0 Å². The molecule has 1 aromatic carbocycles. The lowest BCUT2D eigenvalue weighted by molar-refractivity contribution is -0.122. The van der Waals surface area contributed by atoms with E-state index in [4.69, 9.17) is 4.74 Å². The molecule has 2 rings (SSSR count). The van der Waals surface area contributed by atoms with Gasteiger partial charge in [0.2, 0.25) is 15.9 Å². The third-order valence-electron chi connectivity index (χ3n) is 3.80. The van der Waals surface area contributed by atoms with Gasteiger partial charge in [-0.05, 0) is 32.0 Å². The first-order chi connectivity index (χ1) is 11.9. The van der Waals surface area contributed by atoms with Crippen LogP contribution in [0.25, 0.3) is 0 Å². The Bertz CT molecular complexity index is 729. The largest absolute Gasteiger partial charge is 0.379 e. The van der Waals surface area contributed by atoms with Crippen LogP contribution in [0.3, 0.4) is 0 Å². The third kappa shape index (κ3) is 4.77. The molecule has 2 amide bonds. The van der Waals surface area contributed by atoms with Crippen molar-refractivity contribution in [2.24, 2.45) is 0 Å². The zero-order chi connectivity index (χ0) is 18.4. The number of sulfonamides is 1. The molecule has 0 saturated carbocycles. The van der Waals surface area contributed by atoms with Crippen LogP contribution in [0.1, 0.15) is 24.2 Å². The molecule has 1 saturated heterocycles. The number of hydrogen-bond acceptors (Lipinski definition) is 5. The van der Waals surface area contributed by atoms with Gasteiger partial charge in [-0.1, -0.05) is 6.07 Å². The molecule has 1 unspecified atom stereocenters. The Hall–Kier alpha value is -1.97. The fourth-order valence-electron chi connectivity index (χ4n) is 2.41. The summed E-state index contributed by atoms with van der Waals surface area (Å²) in [6.07, 6.45) is 0. The molecule has 0 spiro atoms. The summed E-state index contributed by atoms with van der Waals surface area (Å²) in [5.74, 6) is -0.800. The van der Waals surface area contributed by atoms with Crippen molar-refractivity contribution < 1.29 is 22.7 Å². The fourth-order valence-corrected chi connectivity index (χ4v) is 3.86. The number of ether oxygens (including phenoxy) is 1. The summed E-state index contributed by atoms with van der Waals surface area (Å²) in [5, 5.41) is 5.17. The van der Waals surface area contributed by atoms with Crippen molar-refractivity contribution in [2.45, 2.75) is 24.8 Å². The number of nitrogens with zero attached hydrogens (tertiary/aromatic N) is 1. The minimum Gasteiger partial charge on any atom is -0.379 e. The highest BCUT2D eigenvalue weighted by molar-refractivity contribution is 7.89. The third-order valence-corrected chi connectivity index (χ3v) is 5.69. The summed E-state index contributed by atoms with van der Waals surface area (Å²) in [7, 11) is -3.68. The summed E-state index contributed by atoms with van der Waals surface area (Å²) >= 11 is 0. The monoisotopic (exact) mass is 369 g/mol. The van der Waals surface area contributed by atoms with Gasteiger partial charge in [0.1, 0.15) is 6.04 Å². The molecule has 1 aromatic rings. The van der Waals surface area contributed by atoms with Gasteiger partial charge in [0.05, 0.1) is 18.1 Å². The van der Waals surface area contributed by atoms with Gasteiger partial charge in [-0.15, -0.1) is 0 Å². The SMILES string of the molecule is CCNC(=O)C(C)NC(=O)c1cccc(S(=O)(=O)N2CCOCC2)c1. The maximum Gasteiger partial charge on any atom is 0.251 e. The predicted octanol–water partition coefficient (Wildman–Crippen LogP) is -0.0381. The van der Waals surface area contributed by atoms with Gasteiger partial charge in [-0.3, -0.25) is 9.59 Å². The number of hydrogen-bond donors (Lipinski definition) is 2. The molecule has 0 aromatic heterocycles. The topological polar surface area (TPSA) is 105 Å². The summed E-state index contributed by atoms with van der Waals surface area (Å²) in [5.41, 5.74) is 0.186. The molecule has 0 radical (unpaired) electrons. The maximum atomic E-state index is 12.7. The Morgan fingerprint density at radius 1 is 1.28 bits per heavy atom. The van der Waals surface area contributed by atoms with Gasteiger partial charge in [0.25, 0.3) is 5.91 Å². The van der Waals surface area contributed by atoms with Crippen molar-refractivity contribution in [3.63, 3.8) is 0 Å². The normalized spacial score (nSPS) is 16.9. The Morgan fingerprint density at radius 2 is 1.96 bits per heavy atom. The lowest BCUT2D eigenvalue weighted by Crippen LogP contribution is -2.44. The molecule has 138 valence electrons. The standard InChI is InChI=1S/C16H23N3O5S/c1-3-17-15(20)12(2)18-16(21)13-5-4-6-14(11-13)25(22,23)19-7-9-24-10-8-19/h4-6,11-12H,3,7-10H2,1-2H3,(H,17,20)(H,18,21). The average molecular weight is 369 g/mol. The van der Waals surface area contributed by atoms with E-state index < -0.39 is 22.0 Å². The molecule has 8 nitrogen and oxygen atoms in total. The number of nitrogens with one attached hydrogen (secondary N) is 2. The van der Waals surface area contributed by atoms with E-state index in [2.05, 4.69) is 10.6 Å². The first-order valence-electron chi connectivity index (χ1n) is 8.12. The summed E-state index contributed by atoms with van der Waals surface area (Å²) < 4.78 is 31.8. The molecular formula is C16H23N3O5S. The van der Waals surface area contributed by atoms with Crippen molar-refractivity contribution in [2.75, 3.05) is 32.8 Å². The Kier molecular flexibility index (Phi) is 6.51. The van der Waals surface area contributed by atoms with Crippen LogP contribution >= 0.6 is 0 Å². The van der Waals surface area contributed by atoms with E-state index in [1.165, 1.54) is 28.6 Å². The molecule has 1 aliphatic rings. The van der Waals surface area contributed by atoms with Crippen molar-refractivity contribution in [3.05, 3.63) is 29.8 Å². The number of likely N-dealkylation sites (N-methyl/N-ethyl adjacent to an activating group) is 1. The second-order valence-corrected chi connectivity index (χ2v) is 7.57. The van der Waals surface area contributed by atoms with Gasteiger partial charge in [-0.2, -0.15) is 4.31 Å². The Balaban J connectivity index is 2.15. The number of carbonyl (C=O) groups is 2. The molecule has 1 atom stereocenters. The van der Waals surface area contributed by atoms with Gasteiger partial charge >= 0.3 is 0 Å². The number of benzene rings is 1. The summed E-state index contributed by atoms with van der Waals surface area (Å²) in [4.78, 5) is 24.1. The van der Waals surface area contributed by atoms with Crippen LogP contribution in [0.5, 0.6) is 0 Å². The lowest BCUT2D eigenvalue weighted by Gasteiger charge is -2.26. The molecule has 0 bridgehead atoms. The van der Waals surface area contributed by atoms with Crippen LogP contribution < -0.4 is 10.6 Å². The minimum absolute atomic E-state index is 0.0488. The van der Waals surface area contributed by atoms with Gasteiger partial charge < -0.3 is 15.4 Å². The van der Waals surface area contributed by atoms with E-state index >= 15 is 0 Å². The second kappa shape index (κ2) is 8.41. The van der Waals surface area contributed by atoms with Crippen molar-refractivity contribution >= 4 is 21.8 Å². The van der Waals surface area contributed by atoms with Crippen molar-refractivity contribution in [1.82, 2.24) is 14.9 Å². The Labute approximate surface area is 147 Å². The lowest BCUT2D eigenvalue weighted by atomic mass is 10.2. The van der Waals surface area contributed by atoms with E-state index in [0.717, 1.165) is 0 Å². The van der Waals surface area contributed by atoms with Crippen molar-refractivity contribution in [1.29, 1.82) is 0 Å². The van der Waals surface area contributed by atoms with Gasteiger partial charge in [-0.25, -0.2) is 8.42 Å². The predicted molar refractivity (Wildman–Crippen MR) is 91.6 cm³/mol.